The van der Waals surface area contributed by atoms with Gasteiger partial charge in [0.05, 0.1) is 6.10 Å². The van der Waals surface area contributed by atoms with E-state index in [-0.39, 0.29) is 0 Å². The second-order valence-electron chi connectivity index (χ2n) is 3.36. The fourth-order valence-corrected chi connectivity index (χ4v) is 2.33. The molecule has 2 rings (SSSR count). The molecule has 1 N–H and O–H groups in total. The summed E-state index contributed by atoms with van der Waals surface area (Å²) in [4.78, 5) is 4.33. The lowest BCUT2D eigenvalue weighted by atomic mass is 10.3. The van der Waals surface area contributed by atoms with Crippen molar-refractivity contribution in [1.29, 1.82) is 0 Å². The van der Waals surface area contributed by atoms with Gasteiger partial charge in [-0.1, -0.05) is 18.7 Å². The third-order valence-corrected chi connectivity index (χ3v) is 3.25. The lowest BCUT2D eigenvalue weighted by Gasteiger charge is -2.05. The minimum atomic E-state index is 0.406. The molecule has 1 saturated heterocycles. The Balaban J connectivity index is 1.79. The van der Waals surface area contributed by atoms with E-state index in [9.17, 15) is 0 Å². The summed E-state index contributed by atoms with van der Waals surface area (Å²) in [6.07, 6.45) is 3.69. The molecule has 0 spiro atoms. The average molecular weight is 213 g/mol. The van der Waals surface area contributed by atoms with Gasteiger partial charge >= 0.3 is 0 Å². The Morgan fingerprint density at radius 3 is 3.21 bits per heavy atom. The number of H-pyrrole nitrogens is 1. The highest BCUT2D eigenvalue weighted by Crippen LogP contribution is 2.20. The van der Waals surface area contributed by atoms with Crippen molar-refractivity contribution < 1.29 is 4.74 Å². The fourth-order valence-electron chi connectivity index (χ4n) is 1.44. The van der Waals surface area contributed by atoms with E-state index in [0.29, 0.717) is 6.10 Å². The molecule has 4 nitrogen and oxygen atoms in total. The number of aromatic nitrogens is 3. The van der Waals surface area contributed by atoms with Gasteiger partial charge in [-0.05, 0) is 12.8 Å². The minimum absolute atomic E-state index is 0.406. The Morgan fingerprint density at radius 1 is 1.64 bits per heavy atom. The Morgan fingerprint density at radius 2 is 2.57 bits per heavy atom. The topological polar surface area (TPSA) is 50.8 Å². The van der Waals surface area contributed by atoms with Crippen LogP contribution in [0.2, 0.25) is 0 Å². The molecule has 1 aliphatic heterocycles. The average Bonchev–Trinajstić information content (AvgIpc) is 2.86. The Kier molecular flexibility index (Phi) is 3.42. The van der Waals surface area contributed by atoms with Gasteiger partial charge in [-0.2, -0.15) is 0 Å². The number of aryl methyl sites for hydroxylation is 1. The largest absolute Gasteiger partial charge is 0.377 e. The van der Waals surface area contributed by atoms with Gasteiger partial charge < -0.3 is 4.74 Å². The number of hydrogen-bond donors (Lipinski definition) is 1. The van der Waals surface area contributed by atoms with Crippen molar-refractivity contribution in [3.63, 3.8) is 0 Å². The monoisotopic (exact) mass is 213 g/mol. The van der Waals surface area contributed by atoms with Crippen LogP contribution in [-0.2, 0) is 11.2 Å². The first-order valence-electron chi connectivity index (χ1n) is 5.04. The number of hydrogen-bond acceptors (Lipinski definition) is 4. The van der Waals surface area contributed by atoms with Crippen LogP contribution in [0.3, 0.4) is 0 Å². The van der Waals surface area contributed by atoms with E-state index in [1.54, 1.807) is 11.8 Å². The molecular weight excluding hydrogens is 198 g/mol. The Bertz CT molecular complexity index is 283. The van der Waals surface area contributed by atoms with Crippen molar-refractivity contribution in [2.45, 2.75) is 37.4 Å². The van der Waals surface area contributed by atoms with Crippen molar-refractivity contribution in [1.82, 2.24) is 15.2 Å². The Labute approximate surface area is 87.8 Å². The van der Waals surface area contributed by atoms with Crippen molar-refractivity contribution in [2.75, 3.05) is 12.4 Å². The molecule has 1 fully saturated rings. The third-order valence-electron chi connectivity index (χ3n) is 2.27. The predicted octanol–water partition coefficient (Wildman–Crippen LogP) is 1.64. The van der Waals surface area contributed by atoms with Crippen molar-refractivity contribution in [3.8, 4) is 0 Å². The van der Waals surface area contributed by atoms with E-state index in [1.807, 2.05) is 0 Å². The van der Waals surface area contributed by atoms with Crippen LogP contribution in [0, 0.1) is 0 Å². The van der Waals surface area contributed by atoms with Gasteiger partial charge in [0.2, 0.25) is 5.16 Å². The zero-order chi connectivity index (χ0) is 9.80. The van der Waals surface area contributed by atoms with Gasteiger partial charge in [0, 0.05) is 18.8 Å². The van der Waals surface area contributed by atoms with Gasteiger partial charge in [0.25, 0.3) is 0 Å². The van der Waals surface area contributed by atoms with Crippen LogP contribution < -0.4 is 0 Å². The number of nitrogens with zero attached hydrogens (tertiary/aromatic N) is 2. The highest BCUT2D eigenvalue weighted by molar-refractivity contribution is 7.99. The predicted molar refractivity (Wildman–Crippen MR) is 55.5 cm³/mol. The summed E-state index contributed by atoms with van der Waals surface area (Å²) in [6, 6.07) is 0. The summed E-state index contributed by atoms with van der Waals surface area (Å²) in [5.74, 6) is 1.93. The summed E-state index contributed by atoms with van der Waals surface area (Å²) < 4.78 is 5.52. The summed E-state index contributed by atoms with van der Waals surface area (Å²) in [5.41, 5.74) is 0. The number of thioether (sulfide) groups is 1. The number of ether oxygens (including phenoxy) is 1. The normalized spacial score (nSPS) is 21.6. The van der Waals surface area contributed by atoms with Crippen LogP contribution in [-0.4, -0.2) is 33.6 Å². The lowest BCUT2D eigenvalue weighted by molar-refractivity contribution is 0.129. The molecule has 0 amide bonds. The molecule has 5 heteroatoms. The second kappa shape index (κ2) is 4.79. The molecule has 1 aromatic heterocycles. The molecule has 0 aliphatic carbocycles. The van der Waals surface area contributed by atoms with Crippen LogP contribution in [0.5, 0.6) is 0 Å². The van der Waals surface area contributed by atoms with Gasteiger partial charge in [-0.3, -0.25) is 5.10 Å². The summed E-state index contributed by atoms with van der Waals surface area (Å²) in [6.45, 7) is 2.98. The minimum Gasteiger partial charge on any atom is -0.377 e. The zero-order valence-electron chi connectivity index (χ0n) is 8.32. The molecule has 1 aromatic rings. The third kappa shape index (κ3) is 2.48. The SMILES string of the molecule is CCc1nc(SCC2CCCO2)n[nH]1. The van der Waals surface area contributed by atoms with Gasteiger partial charge in [0.1, 0.15) is 5.82 Å². The first-order valence-corrected chi connectivity index (χ1v) is 6.02. The molecule has 1 unspecified atom stereocenters. The highest BCUT2D eigenvalue weighted by Gasteiger charge is 2.16. The van der Waals surface area contributed by atoms with Gasteiger partial charge in [-0.15, -0.1) is 5.10 Å². The maximum absolute atomic E-state index is 5.52. The zero-order valence-corrected chi connectivity index (χ0v) is 9.14. The lowest BCUT2D eigenvalue weighted by Crippen LogP contribution is -2.07. The molecule has 0 radical (unpaired) electrons. The van der Waals surface area contributed by atoms with Crippen molar-refractivity contribution in [3.05, 3.63) is 5.82 Å². The molecule has 0 aromatic carbocycles. The molecule has 78 valence electrons. The molecule has 0 saturated carbocycles. The summed E-state index contributed by atoms with van der Waals surface area (Å²) in [5, 5.41) is 7.87. The van der Waals surface area contributed by atoms with Gasteiger partial charge in [0.15, 0.2) is 0 Å². The second-order valence-corrected chi connectivity index (χ2v) is 4.35. The van der Waals surface area contributed by atoms with Crippen LogP contribution in [0.25, 0.3) is 0 Å². The highest BCUT2D eigenvalue weighted by atomic mass is 32.2. The van der Waals surface area contributed by atoms with E-state index < -0.39 is 0 Å². The Hall–Kier alpha value is -0.550. The van der Waals surface area contributed by atoms with Crippen LogP contribution >= 0.6 is 11.8 Å². The van der Waals surface area contributed by atoms with Crippen LogP contribution in [0.4, 0.5) is 0 Å². The van der Waals surface area contributed by atoms with Crippen molar-refractivity contribution >= 4 is 11.8 Å². The smallest absolute Gasteiger partial charge is 0.208 e. The molecule has 2 heterocycles. The first-order chi connectivity index (χ1) is 6.88. The van der Waals surface area contributed by atoms with E-state index in [2.05, 4.69) is 22.1 Å². The standard InChI is InChI=1S/C9H15N3OS/c1-2-8-10-9(12-11-8)14-6-7-4-3-5-13-7/h7H,2-6H2,1H3,(H,10,11,12). The first kappa shape index (κ1) is 9.98. The van der Waals surface area contributed by atoms with E-state index in [4.69, 9.17) is 4.74 Å². The quantitative estimate of drug-likeness (QED) is 0.772. The number of nitrogens with one attached hydrogen (secondary N) is 1. The number of rotatable bonds is 4. The molecule has 0 bridgehead atoms. The van der Waals surface area contributed by atoms with Crippen LogP contribution in [0.15, 0.2) is 5.16 Å². The van der Waals surface area contributed by atoms with E-state index in [1.165, 1.54) is 12.8 Å². The summed E-state index contributed by atoms with van der Waals surface area (Å²) in [7, 11) is 0. The van der Waals surface area contributed by atoms with Gasteiger partial charge in [-0.25, -0.2) is 4.98 Å². The maximum Gasteiger partial charge on any atom is 0.208 e. The molecular formula is C9H15N3OS. The van der Waals surface area contributed by atoms with Crippen LogP contribution in [0.1, 0.15) is 25.6 Å². The number of aromatic amines is 1. The maximum atomic E-state index is 5.52. The van der Waals surface area contributed by atoms with E-state index in [0.717, 1.165) is 29.8 Å². The summed E-state index contributed by atoms with van der Waals surface area (Å²) >= 11 is 1.68. The molecule has 1 aliphatic rings. The van der Waals surface area contributed by atoms with Crippen molar-refractivity contribution in [2.24, 2.45) is 0 Å². The molecule has 1 atom stereocenters. The van der Waals surface area contributed by atoms with E-state index >= 15 is 0 Å². The fraction of sp³-hybridized carbons (Fsp3) is 0.778. The molecule has 14 heavy (non-hydrogen) atoms.